The topological polar surface area (TPSA) is 46.2 Å². The lowest BCUT2D eigenvalue weighted by Crippen LogP contribution is -2.35. The Labute approximate surface area is 79.9 Å². The summed E-state index contributed by atoms with van der Waals surface area (Å²) >= 11 is 0. The first-order chi connectivity index (χ1) is 5.98. The van der Waals surface area contributed by atoms with Crippen molar-refractivity contribution in [2.75, 3.05) is 6.54 Å². The highest BCUT2D eigenvalue weighted by Gasteiger charge is 2.19. The first-order valence-electron chi connectivity index (χ1n) is 4.70. The maximum atomic E-state index is 11.3. The van der Waals surface area contributed by atoms with Crippen molar-refractivity contribution in [2.24, 2.45) is 5.41 Å². The predicted molar refractivity (Wildman–Crippen MR) is 52.4 cm³/mol. The molecule has 0 aliphatic carbocycles. The van der Waals surface area contributed by atoms with Gasteiger partial charge in [-0.2, -0.15) is 0 Å². The second kappa shape index (κ2) is 5.73. The third-order valence-corrected chi connectivity index (χ3v) is 1.72. The van der Waals surface area contributed by atoms with Gasteiger partial charge in [-0.1, -0.05) is 20.8 Å². The van der Waals surface area contributed by atoms with Crippen LogP contribution in [0.1, 0.15) is 40.0 Å². The molecule has 3 nitrogen and oxygen atoms in total. The number of nitrogens with one attached hydrogen (secondary N) is 1. The highest BCUT2D eigenvalue weighted by molar-refractivity contribution is 5.81. The van der Waals surface area contributed by atoms with Crippen LogP contribution < -0.4 is 5.32 Å². The molecule has 0 aromatic carbocycles. The minimum atomic E-state index is -0.315. The zero-order valence-corrected chi connectivity index (χ0v) is 8.72. The molecule has 76 valence electrons. The highest BCUT2D eigenvalue weighted by Crippen LogP contribution is 2.12. The van der Waals surface area contributed by atoms with Gasteiger partial charge < -0.3 is 10.1 Å². The summed E-state index contributed by atoms with van der Waals surface area (Å²) in [6, 6.07) is 0. The maximum absolute atomic E-state index is 11.3. The van der Waals surface area contributed by atoms with E-state index < -0.39 is 0 Å². The van der Waals surface area contributed by atoms with Crippen molar-refractivity contribution in [1.82, 2.24) is 5.32 Å². The Kier molecular flexibility index (Phi) is 5.35. The van der Waals surface area contributed by atoms with Gasteiger partial charge in [-0.25, -0.2) is 0 Å². The van der Waals surface area contributed by atoms with Gasteiger partial charge in [0.2, 0.25) is 5.91 Å². The van der Waals surface area contributed by atoms with Gasteiger partial charge in [0.25, 0.3) is 0 Å². The van der Waals surface area contributed by atoms with Gasteiger partial charge in [0.15, 0.2) is 0 Å². The van der Waals surface area contributed by atoms with Crippen LogP contribution in [-0.2, 0) is 9.59 Å². The number of aldehydes is 1. The van der Waals surface area contributed by atoms with Gasteiger partial charge in [-0.15, -0.1) is 0 Å². The summed E-state index contributed by atoms with van der Waals surface area (Å²) in [7, 11) is 0. The Balaban J connectivity index is 3.43. The lowest BCUT2D eigenvalue weighted by Gasteiger charge is -2.17. The van der Waals surface area contributed by atoms with Crippen molar-refractivity contribution < 1.29 is 9.59 Å². The normalized spacial score (nSPS) is 11.0. The van der Waals surface area contributed by atoms with Crippen molar-refractivity contribution in [3.8, 4) is 0 Å². The van der Waals surface area contributed by atoms with Crippen LogP contribution in [-0.4, -0.2) is 18.7 Å². The van der Waals surface area contributed by atoms with E-state index >= 15 is 0 Å². The number of carbonyl (C=O) groups excluding carboxylic acids is 2. The molecule has 0 radical (unpaired) electrons. The van der Waals surface area contributed by atoms with Gasteiger partial charge in [-0.3, -0.25) is 4.79 Å². The summed E-state index contributed by atoms with van der Waals surface area (Å²) in [6.07, 6.45) is 3.23. The van der Waals surface area contributed by atoms with Crippen LogP contribution in [0.4, 0.5) is 0 Å². The van der Waals surface area contributed by atoms with E-state index in [0.717, 1.165) is 19.1 Å². The number of amides is 1. The van der Waals surface area contributed by atoms with Crippen LogP contribution in [0, 0.1) is 5.41 Å². The summed E-state index contributed by atoms with van der Waals surface area (Å²) in [6.45, 7) is 6.32. The van der Waals surface area contributed by atoms with Gasteiger partial charge in [0.05, 0.1) is 0 Å². The average molecular weight is 185 g/mol. The van der Waals surface area contributed by atoms with E-state index in [9.17, 15) is 9.59 Å². The third kappa shape index (κ3) is 6.31. The Morgan fingerprint density at radius 1 is 1.31 bits per heavy atom. The summed E-state index contributed by atoms with van der Waals surface area (Å²) in [5.74, 6) is 0.0682. The van der Waals surface area contributed by atoms with Crippen LogP contribution in [0.25, 0.3) is 0 Å². The fourth-order valence-electron chi connectivity index (χ4n) is 0.820. The molecule has 0 atom stereocenters. The highest BCUT2D eigenvalue weighted by atomic mass is 16.2. The molecule has 0 unspecified atom stereocenters. The first-order valence-corrected chi connectivity index (χ1v) is 4.70. The largest absolute Gasteiger partial charge is 0.356 e. The van der Waals surface area contributed by atoms with E-state index in [1.54, 1.807) is 0 Å². The zero-order valence-electron chi connectivity index (χ0n) is 8.72. The molecular formula is C10H19NO2. The second-order valence-electron chi connectivity index (χ2n) is 4.17. The van der Waals surface area contributed by atoms with E-state index in [1.165, 1.54) is 0 Å². The molecule has 0 spiro atoms. The summed E-state index contributed by atoms with van der Waals surface area (Å²) in [5.41, 5.74) is -0.315. The summed E-state index contributed by atoms with van der Waals surface area (Å²) < 4.78 is 0. The molecule has 0 saturated heterocycles. The smallest absolute Gasteiger partial charge is 0.225 e. The summed E-state index contributed by atoms with van der Waals surface area (Å²) in [5, 5.41) is 2.83. The molecule has 0 saturated carbocycles. The van der Waals surface area contributed by atoms with Crippen LogP contribution in [0.3, 0.4) is 0 Å². The van der Waals surface area contributed by atoms with E-state index in [4.69, 9.17) is 0 Å². The molecular weight excluding hydrogens is 166 g/mol. The van der Waals surface area contributed by atoms with Gasteiger partial charge >= 0.3 is 0 Å². The van der Waals surface area contributed by atoms with Crippen LogP contribution in [0.15, 0.2) is 0 Å². The number of rotatable bonds is 5. The number of hydrogen-bond acceptors (Lipinski definition) is 2. The van der Waals surface area contributed by atoms with Crippen LogP contribution in [0.2, 0.25) is 0 Å². The quantitative estimate of drug-likeness (QED) is 0.521. The third-order valence-electron chi connectivity index (χ3n) is 1.72. The van der Waals surface area contributed by atoms with Crippen molar-refractivity contribution in [3.05, 3.63) is 0 Å². The maximum Gasteiger partial charge on any atom is 0.225 e. The predicted octanol–water partition coefficient (Wildman–Crippen LogP) is 1.52. The lowest BCUT2D eigenvalue weighted by molar-refractivity contribution is -0.128. The lowest BCUT2D eigenvalue weighted by atomic mass is 9.96. The van der Waals surface area contributed by atoms with Gasteiger partial charge in [-0.05, 0) is 12.8 Å². The van der Waals surface area contributed by atoms with E-state index in [2.05, 4.69) is 5.32 Å². The molecule has 0 aliphatic rings. The Morgan fingerprint density at radius 3 is 2.38 bits per heavy atom. The van der Waals surface area contributed by atoms with Gasteiger partial charge in [0, 0.05) is 18.4 Å². The van der Waals surface area contributed by atoms with Crippen LogP contribution in [0.5, 0.6) is 0 Å². The molecule has 13 heavy (non-hydrogen) atoms. The molecule has 0 aromatic rings. The monoisotopic (exact) mass is 185 g/mol. The minimum absolute atomic E-state index is 0.0682. The van der Waals surface area contributed by atoms with Crippen molar-refractivity contribution in [3.63, 3.8) is 0 Å². The fourth-order valence-corrected chi connectivity index (χ4v) is 0.820. The average Bonchev–Trinajstić information content (AvgIpc) is 2.02. The molecule has 0 rings (SSSR count). The molecule has 0 bridgehead atoms. The molecule has 3 heteroatoms. The molecule has 0 aliphatic heterocycles. The van der Waals surface area contributed by atoms with Crippen molar-refractivity contribution in [1.29, 1.82) is 0 Å². The van der Waals surface area contributed by atoms with Crippen LogP contribution >= 0.6 is 0 Å². The second-order valence-corrected chi connectivity index (χ2v) is 4.17. The number of carbonyl (C=O) groups is 2. The standard InChI is InChI=1S/C10H19NO2/c1-10(2,3)9(13)11-7-5-4-6-8-12/h8H,4-7H2,1-3H3,(H,11,13). The van der Waals surface area contributed by atoms with E-state index in [-0.39, 0.29) is 11.3 Å². The van der Waals surface area contributed by atoms with Crippen molar-refractivity contribution >= 4 is 12.2 Å². The van der Waals surface area contributed by atoms with Crippen molar-refractivity contribution in [2.45, 2.75) is 40.0 Å². The number of hydrogen-bond donors (Lipinski definition) is 1. The Hall–Kier alpha value is -0.860. The summed E-state index contributed by atoms with van der Waals surface area (Å²) in [4.78, 5) is 21.3. The SMILES string of the molecule is CC(C)(C)C(=O)NCCCCC=O. The minimum Gasteiger partial charge on any atom is -0.356 e. The van der Waals surface area contributed by atoms with E-state index in [0.29, 0.717) is 13.0 Å². The molecule has 1 N–H and O–H groups in total. The zero-order chi connectivity index (χ0) is 10.3. The molecule has 0 heterocycles. The molecule has 1 amide bonds. The number of unbranched alkanes of at least 4 members (excludes halogenated alkanes) is 2. The fraction of sp³-hybridized carbons (Fsp3) is 0.800. The van der Waals surface area contributed by atoms with Gasteiger partial charge in [0.1, 0.15) is 6.29 Å². The molecule has 0 fully saturated rings. The van der Waals surface area contributed by atoms with E-state index in [1.807, 2.05) is 20.8 Å². The Morgan fingerprint density at radius 2 is 1.92 bits per heavy atom. The Bertz CT molecular complexity index is 170. The first kappa shape index (κ1) is 12.1. The molecule has 0 aromatic heterocycles.